The topological polar surface area (TPSA) is 72.2 Å². The molecule has 6 nitrogen and oxygen atoms in total. The van der Waals surface area contributed by atoms with Gasteiger partial charge >= 0.3 is 0 Å². The summed E-state index contributed by atoms with van der Waals surface area (Å²) in [6.45, 7) is 2.06. The van der Waals surface area contributed by atoms with E-state index < -0.39 is 0 Å². The molecule has 0 spiro atoms. The van der Waals surface area contributed by atoms with Gasteiger partial charge in [0.2, 0.25) is 5.91 Å². The molecule has 0 radical (unpaired) electrons. The first kappa shape index (κ1) is 15.1. The number of nitrogens with zero attached hydrogens (tertiary/aromatic N) is 4. The molecule has 120 valence electrons. The van der Waals surface area contributed by atoms with Gasteiger partial charge in [0.25, 0.3) is 0 Å². The van der Waals surface area contributed by atoms with Crippen LogP contribution in [0.1, 0.15) is 5.56 Å². The number of carbonyl (C=O) groups is 1. The zero-order valence-corrected chi connectivity index (χ0v) is 14.4. The molecule has 3 heterocycles. The minimum atomic E-state index is -0.108. The van der Waals surface area contributed by atoms with E-state index in [9.17, 15) is 4.79 Å². The molecule has 1 aromatic carbocycles. The first-order valence-corrected chi connectivity index (χ1v) is 9.14. The third kappa shape index (κ3) is 2.74. The Hall–Kier alpha value is -2.45. The Kier molecular flexibility index (Phi) is 3.91. The van der Waals surface area contributed by atoms with Crippen LogP contribution in [0.25, 0.3) is 16.6 Å². The summed E-state index contributed by atoms with van der Waals surface area (Å²) < 4.78 is 1.99. The molecule has 0 aliphatic heterocycles. The van der Waals surface area contributed by atoms with E-state index in [1.165, 1.54) is 23.1 Å². The number of nitrogens with one attached hydrogen (secondary N) is 1. The molecule has 0 saturated heterocycles. The molecule has 8 heteroatoms. The van der Waals surface area contributed by atoms with E-state index >= 15 is 0 Å². The highest BCUT2D eigenvalue weighted by molar-refractivity contribution is 7.99. The lowest BCUT2D eigenvalue weighted by Gasteiger charge is -2.07. The zero-order chi connectivity index (χ0) is 16.5. The molecule has 4 aromatic rings. The molecule has 1 amide bonds. The van der Waals surface area contributed by atoms with Crippen LogP contribution in [0, 0.1) is 6.92 Å². The van der Waals surface area contributed by atoms with Gasteiger partial charge in [0.05, 0.1) is 11.3 Å². The third-order valence-electron chi connectivity index (χ3n) is 3.58. The number of fused-ring (bicyclic) bond motifs is 3. The number of amides is 1. The molecule has 0 atom stereocenters. The van der Waals surface area contributed by atoms with Crippen LogP contribution < -0.4 is 5.32 Å². The van der Waals surface area contributed by atoms with Crippen molar-refractivity contribution < 1.29 is 4.79 Å². The van der Waals surface area contributed by atoms with Crippen LogP contribution in [-0.4, -0.2) is 31.2 Å². The Morgan fingerprint density at radius 3 is 3.04 bits per heavy atom. The molecule has 0 saturated carbocycles. The van der Waals surface area contributed by atoms with Gasteiger partial charge < -0.3 is 5.32 Å². The maximum Gasteiger partial charge on any atom is 0.236 e. The predicted octanol–water partition coefficient (Wildman–Crippen LogP) is 3.38. The van der Waals surface area contributed by atoms with E-state index in [-0.39, 0.29) is 11.7 Å². The van der Waals surface area contributed by atoms with Crippen LogP contribution in [-0.2, 0) is 4.79 Å². The first-order chi connectivity index (χ1) is 11.7. The average molecular weight is 355 g/mol. The molecular weight excluding hydrogens is 342 g/mol. The lowest BCUT2D eigenvalue weighted by atomic mass is 10.1. The number of thioether (sulfide) groups is 1. The normalized spacial score (nSPS) is 11.2. The van der Waals surface area contributed by atoms with Gasteiger partial charge in [0.15, 0.2) is 15.9 Å². The fourth-order valence-corrected chi connectivity index (χ4v) is 3.84. The maximum absolute atomic E-state index is 12.0. The molecule has 1 N–H and O–H groups in total. The van der Waals surface area contributed by atoms with Gasteiger partial charge in [0.1, 0.15) is 0 Å². The number of benzene rings is 1. The quantitative estimate of drug-likeness (QED) is 0.568. The standard InChI is InChI=1S/C16H13N5OS2/c1-10-8-13-19-20-16(21(13)12-5-3-2-4-11(10)12)24-9-14(22)18-15-17-6-7-23-15/h2-8H,9H2,1H3,(H,17,18,22). The van der Waals surface area contributed by atoms with Crippen LogP contribution in [0.15, 0.2) is 47.1 Å². The highest BCUT2D eigenvalue weighted by atomic mass is 32.2. The molecule has 0 unspecified atom stereocenters. The molecule has 0 aliphatic carbocycles. The summed E-state index contributed by atoms with van der Waals surface area (Å²) >= 11 is 2.76. The van der Waals surface area contributed by atoms with E-state index in [2.05, 4.69) is 33.5 Å². The summed E-state index contributed by atoms with van der Waals surface area (Å²) in [6.07, 6.45) is 1.66. The van der Waals surface area contributed by atoms with E-state index in [0.717, 1.165) is 22.1 Å². The number of hydrogen-bond donors (Lipinski definition) is 1. The number of para-hydroxylation sites is 1. The average Bonchev–Trinajstić information content (AvgIpc) is 3.23. The highest BCUT2D eigenvalue weighted by Crippen LogP contribution is 2.25. The molecule has 0 fully saturated rings. The summed E-state index contributed by atoms with van der Waals surface area (Å²) in [6, 6.07) is 10.1. The second-order valence-electron chi connectivity index (χ2n) is 5.19. The van der Waals surface area contributed by atoms with Crippen molar-refractivity contribution in [2.24, 2.45) is 0 Å². The van der Waals surface area contributed by atoms with Crippen molar-refractivity contribution in [3.63, 3.8) is 0 Å². The summed E-state index contributed by atoms with van der Waals surface area (Å²) in [5, 5.41) is 15.5. The van der Waals surface area contributed by atoms with Crippen molar-refractivity contribution in [3.8, 4) is 0 Å². The van der Waals surface area contributed by atoms with Gasteiger partial charge in [-0.05, 0) is 24.6 Å². The first-order valence-electron chi connectivity index (χ1n) is 7.28. The minimum Gasteiger partial charge on any atom is -0.301 e. The summed E-state index contributed by atoms with van der Waals surface area (Å²) in [4.78, 5) is 16.1. The SMILES string of the molecule is Cc1cc2nnc(SCC(=O)Nc3nccs3)n2c2ccccc12. The van der Waals surface area contributed by atoms with Gasteiger partial charge in [-0.1, -0.05) is 30.0 Å². The Balaban J connectivity index is 1.63. The largest absolute Gasteiger partial charge is 0.301 e. The Bertz CT molecular complexity index is 1030. The van der Waals surface area contributed by atoms with Crippen LogP contribution >= 0.6 is 23.1 Å². The van der Waals surface area contributed by atoms with E-state index in [1.54, 1.807) is 6.20 Å². The fourth-order valence-electron chi connectivity index (χ4n) is 2.54. The van der Waals surface area contributed by atoms with Crippen LogP contribution in [0.3, 0.4) is 0 Å². The van der Waals surface area contributed by atoms with E-state index in [4.69, 9.17) is 0 Å². The zero-order valence-electron chi connectivity index (χ0n) is 12.8. The van der Waals surface area contributed by atoms with E-state index in [1.807, 2.05) is 34.0 Å². The summed E-state index contributed by atoms with van der Waals surface area (Å²) in [7, 11) is 0. The Morgan fingerprint density at radius 1 is 1.33 bits per heavy atom. The van der Waals surface area contributed by atoms with Gasteiger partial charge in [-0.25, -0.2) is 4.98 Å². The fraction of sp³-hybridized carbons (Fsp3) is 0.125. The maximum atomic E-state index is 12.0. The summed E-state index contributed by atoms with van der Waals surface area (Å²) in [5.41, 5.74) is 2.98. The summed E-state index contributed by atoms with van der Waals surface area (Å²) in [5.74, 6) is 0.144. The van der Waals surface area contributed by atoms with Crippen molar-refractivity contribution in [1.82, 2.24) is 19.6 Å². The van der Waals surface area contributed by atoms with Crippen LogP contribution in [0.2, 0.25) is 0 Å². The number of aromatic nitrogens is 4. The molecular formula is C16H13N5OS2. The van der Waals surface area contributed by atoms with Crippen molar-refractivity contribution >= 4 is 50.7 Å². The van der Waals surface area contributed by atoms with Gasteiger partial charge in [0, 0.05) is 17.0 Å². The van der Waals surface area contributed by atoms with Gasteiger partial charge in [-0.2, -0.15) is 0 Å². The molecule has 3 aromatic heterocycles. The number of anilines is 1. The van der Waals surface area contributed by atoms with E-state index in [0.29, 0.717) is 10.3 Å². The molecule has 4 rings (SSSR count). The van der Waals surface area contributed by atoms with Crippen LogP contribution in [0.5, 0.6) is 0 Å². The van der Waals surface area contributed by atoms with Crippen LogP contribution in [0.4, 0.5) is 5.13 Å². The molecule has 0 aliphatic rings. The minimum absolute atomic E-state index is 0.108. The number of thiazole rings is 1. The highest BCUT2D eigenvalue weighted by Gasteiger charge is 2.13. The van der Waals surface area contributed by atoms with Gasteiger partial charge in [-0.3, -0.25) is 9.20 Å². The second-order valence-corrected chi connectivity index (χ2v) is 7.03. The van der Waals surface area contributed by atoms with Gasteiger partial charge in [-0.15, -0.1) is 21.5 Å². The monoisotopic (exact) mass is 355 g/mol. The lowest BCUT2D eigenvalue weighted by molar-refractivity contribution is -0.113. The number of rotatable bonds is 4. The number of carbonyl (C=O) groups excluding carboxylic acids is 1. The predicted molar refractivity (Wildman–Crippen MR) is 96.7 cm³/mol. The third-order valence-corrected chi connectivity index (χ3v) is 5.20. The molecule has 0 bridgehead atoms. The Labute approximate surface area is 145 Å². The lowest BCUT2D eigenvalue weighted by Crippen LogP contribution is -2.14. The second kappa shape index (κ2) is 6.21. The number of hydrogen-bond acceptors (Lipinski definition) is 6. The van der Waals surface area contributed by atoms with Crippen molar-refractivity contribution in [3.05, 3.63) is 47.5 Å². The number of pyridine rings is 1. The van der Waals surface area contributed by atoms with Crippen molar-refractivity contribution in [1.29, 1.82) is 0 Å². The van der Waals surface area contributed by atoms with Crippen molar-refractivity contribution in [2.45, 2.75) is 12.1 Å². The Morgan fingerprint density at radius 2 is 2.21 bits per heavy atom. The van der Waals surface area contributed by atoms with Crippen molar-refractivity contribution in [2.75, 3.05) is 11.1 Å². The number of aryl methyl sites for hydroxylation is 1. The smallest absolute Gasteiger partial charge is 0.236 e. The molecule has 24 heavy (non-hydrogen) atoms.